The molecule has 0 aliphatic carbocycles. The molecule has 0 aliphatic heterocycles. The first-order chi connectivity index (χ1) is 8.40. The zero-order valence-corrected chi connectivity index (χ0v) is 10.1. The van der Waals surface area contributed by atoms with Crippen molar-refractivity contribution in [3.63, 3.8) is 0 Å². The zero-order chi connectivity index (χ0) is 13.9. The average Bonchev–Trinajstić information content (AvgIpc) is 2.51. The van der Waals surface area contributed by atoms with Gasteiger partial charge in [0.25, 0.3) is 10.9 Å². The van der Waals surface area contributed by atoms with Crippen LogP contribution < -0.4 is 16.3 Å². The smallest absolute Gasteiger partial charge is 0.277 e. The van der Waals surface area contributed by atoms with Gasteiger partial charge in [0, 0.05) is 17.8 Å². The summed E-state index contributed by atoms with van der Waals surface area (Å²) in [5, 5.41) is 9.46. The van der Waals surface area contributed by atoms with Crippen LogP contribution in [0.25, 0.3) is 0 Å². The molecule has 18 heavy (non-hydrogen) atoms. The van der Waals surface area contributed by atoms with Crippen LogP contribution in [0, 0.1) is 0 Å². The number of nitrogens with zero attached hydrogens (tertiary/aromatic N) is 1. The Morgan fingerprint density at radius 2 is 1.89 bits per heavy atom. The molecule has 1 aromatic carbocycles. The summed E-state index contributed by atoms with van der Waals surface area (Å²) in [6.07, 6.45) is 4.54. The van der Waals surface area contributed by atoms with Gasteiger partial charge in [-0.15, -0.1) is 0 Å². The maximum Gasteiger partial charge on any atom is 0.277 e. The van der Waals surface area contributed by atoms with Gasteiger partial charge in [0.05, 0.1) is 5.56 Å². The fourth-order valence-corrected chi connectivity index (χ4v) is 1.64. The minimum absolute atomic E-state index is 0.168. The highest BCUT2D eigenvalue weighted by molar-refractivity contribution is 5.71. The van der Waals surface area contributed by atoms with Crippen molar-refractivity contribution >= 4 is 6.21 Å². The number of hydrogen-bond acceptors (Lipinski definition) is 5. The van der Waals surface area contributed by atoms with E-state index in [4.69, 9.17) is 0 Å². The fraction of sp³-hybridized carbons (Fsp3) is 0.231. The van der Waals surface area contributed by atoms with Crippen molar-refractivity contribution in [1.82, 2.24) is 0 Å². The van der Waals surface area contributed by atoms with E-state index in [1.165, 1.54) is 12.3 Å². The van der Waals surface area contributed by atoms with Crippen molar-refractivity contribution in [3.8, 4) is 5.75 Å². The summed E-state index contributed by atoms with van der Waals surface area (Å²) in [5.41, 5.74) is -2.85. The van der Waals surface area contributed by atoms with Crippen molar-refractivity contribution < 1.29 is 5.11 Å². The fourth-order valence-electron chi connectivity index (χ4n) is 1.64. The average molecular weight is 247 g/mol. The quantitative estimate of drug-likeness (QED) is 0.624. The molecule has 1 N–H and O–H groups in total. The molecule has 0 radical (unpaired) electrons. The topological polar surface area (TPSA) is 83.8 Å². The molecule has 1 unspecified atom stereocenters. The lowest BCUT2D eigenvalue weighted by Crippen LogP contribution is -2.30. The number of aliphatic imine (C=N–C) groups is 1. The first-order valence-corrected chi connectivity index (χ1v) is 5.30. The third kappa shape index (κ3) is 2.51. The standard InChI is InChI=1S/C13H13NO4/c1-4-5-14-8(3)6-7(2)9-10(15)12(17)13(18)11(9)16/h4-7,15H,1H2,2-3H3/b8-6-,14-5-. The molecule has 0 fully saturated rings. The molecule has 1 atom stereocenters. The molecule has 94 valence electrons. The second kappa shape index (κ2) is 5.35. The van der Waals surface area contributed by atoms with Crippen molar-refractivity contribution in [2.75, 3.05) is 0 Å². The van der Waals surface area contributed by atoms with E-state index in [1.54, 1.807) is 19.9 Å². The summed E-state index contributed by atoms with van der Waals surface area (Å²) in [5.74, 6) is -1.32. The lowest BCUT2D eigenvalue weighted by molar-refractivity contribution is 0.464. The molecule has 0 saturated heterocycles. The van der Waals surface area contributed by atoms with Crippen LogP contribution in [0.5, 0.6) is 5.75 Å². The molecule has 0 aliphatic rings. The monoisotopic (exact) mass is 247 g/mol. The highest BCUT2D eigenvalue weighted by Gasteiger charge is 2.22. The Labute approximate surface area is 103 Å². The summed E-state index contributed by atoms with van der Waals surface area (Å²) < 4.78 is 0. The molecule has 0 amide bonds. The van der Waals surface area contributed by atoms with E-state index in [0.29, 0.717) is 5.70 Å². The Balaban J connectivity index is 3.25. The van der Waals surface area contributed by atoms with Gasteiger partial charge >= 0.3 is 0 Å². The van der Waals surface area contributed by atoms with E-state index >= 15 is 0 Å². The predicted molar refractivity (Wildman–Crippen MR) is 70.1 cm³/mol. The molecule has 1 rings (SSSR count). The summed E-state index contributed by atoms with van der Waals surface area (Å²) in [6, 6.07) is 0. The normalized spacial score (nSPS) is 14.0. The lowest BCUT2D eigenvalue weighted by Gasteiger charge is -2.03. The van der Waals surface area contributed by atoms with Gasteiger partial charge in [-0.2, -0.15) is 0 Å². The van der Waals surface area contributed by atoms with Gasteiger partial charge in [-0.25, -0.2) is 0 Å². The first kappa shape index (κ1) is 13.8. The van der Waals surface area contributed by atoms with Crippen molar-refractivity contribution in [2.24, 2.45) is 4.99 Å². The molecule has 0 spiro atoms. The predicted octanol–water partition coefficient (Wildman–Crippen LogP) is 0.612. The van der Waals surface area contributed by atoms with Crippen LogP contribution >= 0.6 is 0 Å². The van der Waals surface area contributed by atoms with E-state index in [2.05, 4.69) is 11.6 Å². The zero-order valence-electron chi connectivity index (χ0n) is 10.1. The Kier molecular flexibility index (Phi) is 4.09. The van der Waals surface area contributed by atoms with Crippen molar-refractivity contribution in [2.45, 2.75) is 19.8 Å². The van der Waals surface area contributed by atoms with Crippen LogP contribution in [-0.2, 0) is 0 Å². The molecule has 5 heteroatoms. The van der Waals surface area contributed by atoms with Gasteiger partial charge < -0.3 is 5.11 Å². The number of hydrogen-bond donors (Lipinski definition) is 1. The molecular formula is C13H13NO4. The van der Waals surface area contributed by atoms with Gasteiger partial charge in [0.2, 0.25) is 5.43 Å². The van der Waals surface area contributed by atoms with Gasteiger partial charge in [0.1, 0.15) is 0 Å². The minimum atomic E-state index is -1.19. The second-order valence-corrected chi connectivity index (χ2v) is 3.86. The van der Waals surface area contributed by atoms with E-state index in [-0.39, 0.29) is 5.56 Å². The van der Waals surface area contributed by atoms with Gasteiger partial charge in [0.15, 0.2) is 5.75 Å². The second-order valence-electron chi connectivity index (χ2n) is 3.86. The molecule has 0 saturated carbocycles. The van der Waals surface area contributed by atoms with E-state index in [9.17, 15) is 19.5 Å². The Morgan fingerprint density at radius 1 is 1.28 bits per heavy atom. The van der Waals surface area contributed by atoms with Crippen LogP contribution in [0.3, 0.4) is 0 Å². The van der Waals surface area contributed by atoms with Gasteiger partial charge in [-0.1, -0.05) is 25.7 Å². The van der Waals surface area contributed by atoms with Crippen molar-refractivity contribution in [3.05, 3.63) is 60.7 Å². The summed E-state index contributed by atoms with van der Waals surface area (Å²) in [4.78, 5) is 37.7. The largest absolute Gasteiger partial charge is 0.504 e. The van der Waals surface area contributed by atoms with Crippen LogP contribution in [0.2, 0.25) is 0 Å². The Bertz CT molecular complexity index is 660. The van der Waals surface area contributed by atoms with Gasteiger partial charge in [-0.3, -0.25) is 19.4 Å². The number of rotatable bonds is 4. The van der Waals surface area contributed by atoms with E-state index < -0.39 is 28.0 Å². The summed E-state index contributed by atoms with van der Waals surface area (Å²) >= 11 is 0. The maximum atomic E-state index is 11.5. The number of aromatic hydroxyl groups is 1. The molecule has 5 nitrogen and oxygen atoms in total. The summed E-state index contributed by atoms with van der Waals surface area (Å²) in [7, 11) is 0. The SMILES string of the molecule is C=C/C=N\C(C)=C/C(C)c1c(O)c(=O)c(=O)c1=O. The van der Waals surface area contributed by atoms with Gasteiger partial charge in [-0.05, 0) is 6.92 Å². The Hall–Kier alpha value is -2.30. The molecular weight excluding hydrogens is 234 g/mol. The molecule has 0 bridgehead atoms. The highest BCUT2D eigenvalue weighted by atomic mass is 16.3. The van der Waals surface area contributed by atoms with Crippen LogP contribution in [0.4, 0.5) is 0 Å². The molecule has 0 heterocycles. The van der Waals surface area contributed by atoms with Crippen LogP contribution in [0.1, 0.15) is 25.3 Å². The maximum absolute atomic E-state index is 11.5. The third-order valence-electron chi connectivity index (χ3n) is 2.46. The Morgan fingerprint density at radius 3 is 2.33 bits per heavy atom. The van der Waals surface area contributed by atoms with Crippen LogP contribution in [-0.4, -0.2) is 11.3 Å². The lowest BCUT2D eigenvalue weighted by atomic mass is 10.0. The highest BCUT2D eigenvalue weighted by Crippen LogP contribution is 2.20. The molecule has 1 aromatic rings. The van der Waals surface area contributed by atoms with E-state index in [1.807, 2.05) is 0 Å². The van der Waals surface area contributed by atoms with Crippen LogP contribution in [0.15, 0.2) is 43.8 Å². The minimum Gasteiger partial charge on any atom is -0.504 e. The molecule has 0 aromatic heterocycles. The number of allylic oxidation sites excluding steroid dienone is 3. The third-order valence-corrected chi connectivity index (χ3v) is 2.46. The van der Waals surface area contributed by atoms with E-state index in [0.717, 1.165) is 0 Å². The summed E-state index contributed by atoms with van der Waals surface area (Å²) in [6.45, 7) is 6.76. The van der Waals surface area contributed by atoms with Crippen molar-refractivity contribution in [1.29, 1.82) is 0 Å². The first-order valence-electron chi connectivity index (χ1n) is 5.30.